The molecule has 10 heteroatoms. The molecule has 1 N–H and O–H groups in total. The number of carbonyl (C=O) groups excluding carboxylic acids is 1. The monoisotopic (exact) mass is 415 g/mol. The van der Waals surface area contributed by atoms with Gasteiger partial charge in [-0.15, -0.1) is 0 Å². The van der Waals surface area contributed by atoms with Gasteiger partial charge in [0.15, 0.2) is 17.1 Å². The van der Waals surface area contributed by atoms with Gasteiger partial charge in [-0.3, -0.25) is 14.9 Å². The van der Waals surface area contributed by atoms with Gasteiger partial charge in [-0.25, -0.2) is 4.98 Å². The molecule has 0 aliphatic carbocycles. The van der Waals surface area contributed by atoms with Gasteiger partial charge in [-0.2, -0.15) is 0 Å². The van der Waals surface area contributed by atoms with Crippen LogP contribution in [-0.2, 0) is 4.79 Å². The van der Waals surface area contributed by atoms with Crippen LogP contribution in [0.15, 0.2) is 46.0 Å². The Kier molecular flexibility index (Phi) is 5.26. The average Bonchev–Trinajstić information content (AvgIpc) is 3.14. The quantitative estimate of drug-likeness (QED) is 0.369. The van der Waals surface area contributed by atoms with E-state index in [-0.39, 0.29) is 28.6 Å². The van der Waals surface area contributed by atoms with Crippen molar-refractivity contribution in [3.8, 4) is 11.5 Å². The molecule has 2 aromatic carbocycles. The smallest absolute Gasteiger partial charge is 0.271 e. The van der Waals surface area contributed by atoms with Gasteiger partial charge in [0.25, 0.3) is 10.9 Å². The second-order valence-corrected chi connectivity index (χ2v) is 7.30. The fraction of sp³-hybridized carbons (Fsp3) is 0.263. The van der Waals surface area contributed by atoms with Crippen LogP contribution in [0, 0.1) is 10.1 Å². The SMILES string of the molecule is CC(NC(=O)CSc1nc2cc([N+](=O)[O-])ccc2o1)c1ccc2c(c1)OCCO2. The van der Waals surface area contributed by atoms with Crippen molar-refractivity contribution >= 4 is 34.5 Å². The van der Waals surface area contributed by atoms with Gasteiger partial charge in [0.2, 0.25) is 5.91 Å². The predicted molar refractivity (Wildman–Crippen MR) is 105 cm³/mol. The molecular weight excluding hydrogens is 398 g/mol. The second kappa shape index (κ2) is 8.00. The van der Waals surface area contributed by atoms with Gasteiger partial charge in [-0.1, -0.05) is 17.8 Å². The van der Waals surface area contributed by atoms with Gasteiger partial charge < -0.3 is 19.2 Å². The summed E-state index contributed by atoms with van der Waals surface area (Å²) in [5, 5.41) is 14.0. The lowest BCUT2D eigenvalue weighted by molar-refractivity contribution is -0.384. The summed E-state index contributed by atoms with van der Waals surface area (Å²) in [5.74, 6) is 1.28. The molecule has 0 fully saturated rings. The van der Waals surface area contributed by atoms with Crippen molar-refractivity contribution in [3.63, 3.8) is 0 Å². The van der Waals surface area contributed by atoms with Crippen LogP contribution in [-0.4, -0.2) is 34.8 Å². The van der Waals surface area contributed by atoms with E-state index in [1.54, 1.807) is 0 Å². The number of hydrogen-bond acceptors (Lipinski definition) is 8. The lowest BCUT2D eigenvalue weighted by Gasteiger charge is -2.21. The lowest BCUT2D eigenvalue weighted by atomic mass is 10.1. The summed E-state index contributed by atoms with van der Waals surface area (Å²) in [6.45, 7) is 2.91. The third-order valence-electron chi connectivity index (χ3n) is 4.33. The molecule has 4 rings (SSSR count). The van der Waals surface area contributed by atoms with E-state index in [9.17, 15) is 14.9 Å². The number of hydrogen-bond donors (Lipinski definition) is 1. The number of ether oxygens (including phenoxy) is 2. The van der Waals surface area contributed by atoms with Crippen molar-refractivity contribution in [1.82, 2.24) is 10.3 Å². The first-order valence-electron chi connectivity index (χ1n) is 8.86. The highest BCUT2D eigenvalue weighted by atomic mass is 32.2. The van der Waals surface area contributed by atoms with Crippen LogP contribution in [0.4, 0.5) is 5.69 Å². The average molecular weight is 415 g/mol. The number of amides is 1. The minimum absolute atomic E-state index is 0.0617. The first-order chi connectivity index (χ1) is 14.0. The number of nitrogens with zero attached hydrogens (tertiary/aromatic N) is 2. The fourth-order valence-corrected chi connectivity index (χ4v) is 3.54. The van der Waals surface area contributed by atoms with Gasteiger partial charge in [0.05, 0.1) is 16.7 Å². The molecule has 1 atom stereocenters. The molecule has 0 saturated heterocycles. The Hall–Kier alpha value is -3.27. The number of thioether (sulfide) groups is 1. The van der Waals surface area contributed by atoms with Crippen molar-refractivity contribution in [2.45, 2.75) is 18.2 Å². The van der Waals surface area contributed by atoms with Gasteiger partial charge in [-0.05, 0) is 30.7 Å². The molecule has 29 heavy (non-hydrogen) atoms. The Balaban J connectivity index is 1.36. The molecule has 0 spiro atoms. The zero-order valence-corrected chi connectivity index (χ0v) is 16.2. The standard InChI is InChI=1S/C19H17N3O6S/c1-11(12-2-4-16-17(8-12)27-7-6-26-16)20-18(23)10-29-19-21-14-9-13(22(24)25)3-5-15(14)28-19/h2-5,8-9,11H,6-7,10H2,1H3,(H,20,23). The van der Waals surface area contributed by atoms with E-state index < -0.39 is 4.92 Å². The van der Waals surface area contributed by atoms with Crippen LogP contribution in [0.2, 0.25) is 0 Å². The normalized spacial score (nSPS) is 13.8. The van der Waals surface area contributed by atoms with Crippen molar-refractivity contribution in [2.75, 3.05) is 19.0 Å². The molecule has 9 nitrogen and oxygen atoms in total. The highest BCUT2D eigenvalue weighted by Gasteiger charge is 2.17. The molecule has 1 unspecified atom stereocenters. The molecule has 150 valence electrons. The number of nitrogens with one attached hydrogen (secondary N) is 1. The van der Waals surface area contributed by atoms with Crippen LogP contribution in [0.1, 0.15) is 18.5 Å². The van der Waals surface area contributed by atoms with E-state index in [1.807, 2.05) is 25.1 Å². The molecule has 1 aliphatic rings. The minimum Gasteiger partial charge on any atom is -0.486 e. The number of oxazole rings is 1. The Morgan fingerprint density at radius 3 is 2.83 bits per heavy atom. The maximum absolute atomic E-state index is 12.3. The zero-order valence-electron chi connectivity index (χ0n) is 15.4. The maximum Gasteiger partial charge on any atom is 0.271 e. The molecule has 0 bridgehead atoms. The van der Waals surface area contributed by atoms with Crippen molar-refractivity contribution < 1.29 is 23.6 Å². The third-order valence-corrected chi connectivity index (χ3v) is 5.16. The number of non-ortho nitro benzene ring substituents is 1. The number of nitro benzene ring substituents is 1. The maximum atomic E-state index is 12.3. The van der Waals surface area contributed by atoms with E-state index >= 15 is 0 Å². The van der Waals surface area contributed by atoms with Crippen LogP contribution in [0.3, 0.4) is 0 Å². The van der Waals surface area contributed by atoms with Crippen molar-refractivity contribution in [3.05, 3.63) is 52.1 Å². The number of carbonyl (C=O) groups is 1. The first-order valence-corrected chi connectivity index (χ1v) is 9.85. The highest BCUT2D eigenvalue weighted by Crippen LogP contribution is 2.32. The van der Waals surface area contributed by atoms with Gasteiger partial charge in [0.1, 0.15) is 18.7 Å². The van der Waals surface area contributed by atoms with Gasteiger partial charge >= 0.3 is 0 Å². The summed E-state index contributed by atoms with van der Waals surface area (Å²) in [4.78, 5) is 26.8. The van der Waals surface area contributed by atoms with Crippen LogP contribution >= 0.6 is 11.8 Å². The minimum atomic E-state index is -0.492. The summed E-state index contributed by atoms with van der Waals surface area (Å²) in [5.41, 5.74) is 1.66. The molecule has 1 amide bonds. The predicted octanol–water partition coefficient (Wildman–Crippen LogP) is 3.48. The second-order valence-electron chi connectivity index (χ2n) is 6.37. The zero-order chi connectivity index (χ0) is 20.4. The summed E-state index contributed by atoms with van der Waals surface area (Å²) in [6.07, 6.45) is 0. The molecule has 0 saturated carbocycles. The number of aromatic nitrogens is 1. The number of fused-ring (bicyclic) bond motifs is 2. The number of rotatable bonds is 6. The Morgan fingerprint density at radius 1 is 1.24 bits per heavy atom. The van der Waals surface area contributed by atoms with Crippen molar-refractivity contribution in [1.29, 1.82) is 0 Å². The highest BCUT2D eigenvalue weighted by molar-refractivity contribution is 7.99. The lowest BCUT2D eigenvalue weighted by Crippen LogP contribution is -2.28. The van der Waals surface area contributed by atoms with E-state index in [1.165, 1.54) is 18.2 Å². The fourth-order valence-electron chi connectivity index (χ4n) is 2.89. The summed E-state index contributed by atoms with van der Waals surface area (Å²) < 4.78 is 16.6. The molecule has 2 heterocycles. The van der Waals surface area contributed by atoms with Crippen LogP contribution < -0.4 is 14.8 Å². The molecular formula is C19H17N3O6S. The Bertz CT molecular complexity index is 1080. The topological polar surface area (TPSA) is 117 Å². The molecule has 3 aromatic rings. The van der Waals surface area contributed by atoms with E-state index in [4.69, 9.17) is 13.9 Å². The largest absolute Gasteiger partial charge is 0.486 e. The number of benzene rings is 2. The van der Waals surface area contributed by atoms with Crippen LogP contribution in [0.25, 0.3) is 11.1 Å². The van der Waals surface area contributed by atoms with E-state index in [0.29, 0.717) is 35.8 Å². The third kappa shape index (κ3) is 4.27. The number of nitro groups is 1. The first kappa shape index (κ1) is 19.1. The Morgan fingerprint density at radius 2 is 2.03 bits per heavy atom. The van der Waals surface area contributed by atoms with E-state index in [2.05, 4.69) is 10.3 Å². The van der Waals surface area contributed by atoms with Gasteiger partial charge in [0, 0.05) is 12.1 Å². The molecule has 1 aromatic heterocycles. The van der Waals surface area contributed by atoms with E-state index in [0.717, 1.165) is 17.3 Å². The summed E-state index contributed by atoms with van der Waals surface area (Å²) in [7, 11) is 0. The Labute approximate surface area is 169 Å². The summed E-state index contributed by atoms with van der Waals surface area (Å²) in [6, 6.07) is 9.55. The molecule has 1 aliphatic heterocycles. The van der Waals surface area contributed by atoms with Crippen molar-refractivity contribution in [2.24, 2.45) is 0 Å². The molecule has 0 radical (unpaired) electrons. The van der Waals surface area contributed by atoms with Crippen LogP contribution in [0.5, 0.6) is 11.5 Å². The summed E-state index contributed by atoms with van der Waals surface area (Å²) >= 11 is 1.12.